The molecule has 0 aromatic carbocycles. The van der Waals surface area contributed by atoms with Gasteiger partial charge in [0.15, 0.2) is 5.76 Å². The second kappa shape index (κ2) is 7.69. The first-order chi connectivity index (χ1) is 9.75. The molecule has 0 unspecified atom stereocenters. The van der Waals surface area contributed by atoms with Crippen LogP contribution in [0.2, 0.25) is 0 Å². The predicted molar refractivity (Wildman–Crippen MR) is 72.2 cm³/mol. The number of nitrogens with one attached hydrogen (secondary N) is 2. The van der Waals surface area contributed by atoms with Gasteiger partial charge in [0.25, 0.3) is 5.91 Å². The third kappa shape index (κ3) is 5.44. The fourth-order valence-electron chi connectivity index (χ4n) is 1.65. The SMILES string of the molecule is O=C(CNC(=O)c1ccco1)NCCCOCC1CC1. The Morgan fingerprint density at radius 3 is 2.90 bits per heavy atom. The summed E-state index contributed by atoms with van der Waals surface area (Å²) in [4.78, 5) is 23.0. The number of hydrogen-bond acceptors (Lipinski definition) is 4. The minimum atomic E-state index is -0.391. The number of ether oxygens (including phenoxy) is 1. The summed E-state index contributed by atoms with van der Waals surface area (Å²) in [5.74, 6) is 0.359. The van der Waals surface area contributed by atoms with Crippen molar-refractivity contribution in [1.29, 1.82) is 0 Å². The van der Waals surface area contributed by atoms with Crippen LogP contribution in [0.5, 0.6) is 0 Å². The zero-order chi connectivity index (χ0) is 14.2. The maximum atomic E-state index is 11.5. The van der Waals surface area contributed by atoms with E-state index in [0.717, 1.165) is 18.9 Å². The summed E-state index contributed by atoms with van der Waals surface area (Å²) in [5, 5.41) is 5.21. The third-order valence-corrected chi connectivity index (χ3v) is 2.99. The maximum absolute atomic E-state index is 11.5. The smallest absolute Gasteiger partial charge is 0.287 e. The fraction of sp³-hybridized carbons (Fsp3) is 0.571. The van der Waals surface area contributed by atoms with Crippen molar-refractivity contribution in [2.45, 2.75) is 19.3 Å². The number of rotatable bonds is 9. The van der Waals surface area contributed by atoms with E-state index < -0.39 is 5.91 Å². The van der Waals surface area contributed by atoms with Gasteiger partial charge in [0.2, 0.25) is 5.91 Å². The molecule has 0 saturated heterocycles. The van der Waals surface area contributed by atoms with Crippen LogP contribution in [0.15, 0.2) is 22.8 Å². The van der Waals surface area contributed by atoms with E-state index in [2.05, 4.69) is 10.6 Å². The molecule has 2 amide bonds. The molecule has 6 nitrogen and oxygen atoms in total. The summed E-state index contributed by atoms with van der Waals surface area (Å²) in [6.45, 7) is 2.01. The van der Waals surface area contributed by atoms with Crippen LogP contribution in [0, 0.1) is 5.92 Å². The highest BCUT2D eigenvalue weighted by Gasteiger charge is 2.20. The molecule has 0 radical (unpaired) electrons. The molecule has 0 bridgehead atoms. The van der Waals surface area contributed by atoms with Crippen molar-refractivity contribution in [3.8, 4) is 0 Å². The van der Waals surface area contributed by atoms with Crippen LogP contribution >= 0.6 is 0 Å². The van der Waals surface area contributed by atoms with E-state index in [0.29, 0.717) is 13.2 Å². The van der Waals surface area contributed by atoms with E-state index in [4.69, 9.17) is 9.15 Å². The largest absolute Gasteiger partial charge is 0.459 e. The van der Waals surface area contributed by atoms with Crippen molar-refractivity contribution in [1.82, 2.24) is 10.6 Å². The minimum absolute atomic E-state index is 0.0531. The van der Waals surface area contributed by atoms with Crippen LogP contribution in [0.4, 0.5) is 0 Å². The van der Waals surface area contributed by atoms with Gasteiger partial charge in [-0.3, -0.25) is 9.59 Å². The molecule has 2 rings (SSSR count). The third-order valence-electron chi connectivity index (χ3n) is 2.99. The van der Waals surface area contributed by atoms with E-state index >= 15 is 0 Å². The molecule has 1 fully saturated rings. The van der Waals surface area contributed by atoms with Crippen LogP contribution in [-0.4, -0.2) is 38.1 Å². The average Bonchev–Trinajstić information content (AvgIpc) is 3.10. The maximum Gasteiger partial charge on any atom is 0.287 e. The molecular weight excluding hydrogens is 260 g/mol. The molecule has 1 heterocycles. The summed E-state index contributed by atoms with van der Waals surface area (Å²) in [5.41, 5.74) is 0. The molecule has 0 spiro atoms. The summed E-state index contributed by atoms with van der Waals surface area (Å²) in [7, 11) is 0. The van der Waals surface area contributed by atoms with Gasteiger partial charge in [0.05, 0.1) is 12.8 Å². The Bertz CT molecular complexity index is 426. The van der Waals surface area contributed by atoms with E-state index in [1.54, 1.807) is 12.1 Å². The summed E-state index contributed by atoms with van der Waals surface area (Å²) in [6, 6.07) is 3.17. The Morgan fingerprint density at radius 1 is 1.35 bits per heavy atom. The van der Waals surface area contributed by atoms with Crippen molar-refractivity contribution in [3.05, 3.63) is 24.2 Å². The lowest BCUT2D eigenvalue weighted by Crippen LogP contribution is -2.37. The Hall–Kier alpha value is -1.82. The molecular formula is C14H20N2O4. The van der Waals surface area contributed by atoms with Gasteiger partial charge in [0, 0.05) is 19.8 Å². The molecule has 20 heavy (non-hydrogen) atoms. The standard InChI is InChI=1S/C14H20N2O4/c17-13(9-16-14(18)12-3-1-8-20-12)15-6-2-7-19-10-11-4-5-11/h1,3,8,11H,2,4-7,9-10H2,(H,15,17)(H,16,18). The van der Waals surface area contributed by atoms with Gasteiger partial charge in [-0.1, -0.05) is 0 Å². The lowest BCUT2D eigenvalue weighted by molar-refractivity contribution is -0.120. The van der Waals surface area contributed by atoms with Gasteiger partial charge in [-0.25, -0.2) is 0 Å². The van der Waals surface area contributed by atoms with Crippen LogP contribution in [0.1, 0.15) is 29.8 Å². The summed E-state index contributed by atoms with van der Waals surface area (Å²) in [6.07, 6.45) is 4.76. The zero-order valence-corrected chi connectivity index (χ0v) is 11.4. The second-order valence-electron chi connectivity index (χ2n) is 4.88. The van der Waals surface area contributed by atoms with E-state index in [1.165, 1.54) is 19.1 Å². The molecule has 110 valence electrons. The lowest BCUT2D eigenvalue weighted by Gasteiger charge is -2.06. The highest BCUT2D eigenvalue weighted by molar-refractivity contribution is 5.94. The van der Waals surface area contributed by atoms with Gasteiger partial charge in [-0.05, 0) is 37.3 Å². The van der Waals surface area contributed by atoms with Crippen LogP contribution < -0.4 is 10.6 Å². The molecule has 2 N–H and O–H groups in total. The van der Waals surface area contributed by atoms with Crippen LogP contribution in [-0.2, 0) is 9.53 Å². The molecule has 1 aromatic rings. The molecule has 6 heteroatoms. The Labute approximate surface area is 117 Å². The highest BCUT2D eigenvalue weighted by Crippen LogP contribution is 2.28. The van der Waals surface area contributed by atoms with Crippen molar-refractivity contribution in [2.24, 2.45) is 5.92 Å². The first kappa shape index (κ1) is 14.6. The number of amides is 2. The monoisotopic (exact) mass is 280 g/mol. The van der Waals surface area contributed by atoms with E-state index in [1.807, 2.05) is 0 Å². The van der Waals surface area contributed by atoms with Crippen LogP contribution in [0.3, 0.4) is 0 Å². The van der Waals surface area contributed by atoms with E-state index in [-0.39, 0.29) is 18.2 Å². The average molecular weight is 280 g/mol. The van der Waals surface area contributed by atoms with Gasteiger partial charge in [-0.2, -0.15) is 0 Å². The number of furan rings is 1. The Morgan fingerprint density at radius 2 is 2.20 bits per heavy atom. The van der Waals surface area contributed by atoms with Gasteiger partial charge in [0.1, 0.15) is 0 Å². The molecule has 1 saturated carbocycles. The number of hydrogen-bond donors (Lipinski definition) is 2. The molecule has 0 atom stereocenters. The first-order valence-electron chi connectivity index (χ1n) is 6.92. The lowest BCUT2D eigenvalue weighted by atomic mass is 10.4. The van der Waals surface area contributed by atoms with Crippen LogP contribution in [0.25, 0.3) is 0 Å². The summed E-state index contributed by atoms with van der Waals surface area (Å²) < 4.78 is 10.4. The normalized spacial score (nSPS) is 14.0. The number of carbonyl (C=O) groups is 2. The fourth-order valence-corrected chi connectivity index (χ4v) is 1.65. The van der Waals surface area contributed by atoms with Crippen molar-refractivity contribution >= 4 is 11.8 Å². The van der Waals surface area contributed by atoms with Gasteiger partial charge < -0.3 is 19.8 Å². The zero-order valence-electron chi connectivity index (χ0n) is 11.4. The number of carbonyl (C=O) groups excluding carboxylic acids is 2. The molecule has 1 aromatic heterocycles. The van der Waals surface area contributed by atoms with Gasteiger partial charge >= 0.3 is 0 Å². The quantitative estimate of drug-likeness (QED) is 0.660. The van der Waals surface area contributed by atoms with Crippen molar-refractivity contribution in [3.63, 3.8) is 0 Å². The first-order valence-corrected chi connectivity index (χ1v) is 6.92. The minimum Gasteiger partial charge on any atom is -0.459 e. The van der Waals surface area contributed by atoms with Gasteiger partial charge in [-0.15, -0.1) is 0 Å². The molecule has 0 aliphatic heterocycles. The topological polar surface area (TPSA) is 80.6 Å². The predicted octanol–water partition coefficient (Wildman–Crippen LogP) is 0.942. The van der Waals surface area contributed by atoms with E-state index in [9.17, 15) is 9.59 Å². The van der Waals surface area contributed by atoms with Crippen molar-refractivity contribution < 1.29 is 18.7 Å². The molecule has 1 aliphatic carbocycles. The second-order valence-corrected chi connectivity index (χ2v) is 4.88. The summed E-state index contributed by atoms with van der Waals surface area (Å²) >= 11 is 0. The Kier molecular flexibility index (Phi) is 5.61. The highest BCUT2D eigenvalue weighted by atomic mass is 16.5. The Balaban J connectivity index is 1.46. The molecule has 1 aliphatic rings. The van der Waals surface area contributed by atoms with Crippen molar-refractivity contribution in [2.75, 3.05) is 26.3 Å².